The van der Waals surface area contributed by atoms with Crippen LogP contribution in [0.5, 0.6) is 0 Å². The molecular formula is C11H12Cl3NO2. The van der Waals surface area contributed by atoms with Crippen molar-refractivity contribution in [2.75, 3.05) is 13.1 Å². The summed E-state index contributed by atoms with van der Waals surface area (Å²) in [6.45, 7) is 1.10. The lowest BCUT2D eigenvalue weighted by Gasteiger charge is -2.16. The molecule has 1 aromatic carbocycles. The van der Waals surface area contributed by atoms with Gasteiger partial charge in [0.05, 0.1) is 5.92 Å². The lowest BCUT2D eigenvalue weighted by Crippen LogP contribution is -2.21. The van der Waals surface area contributed by atoms with E-state index in [4.69, 9.17) is 28.3 Å². The Morgan fingerprint density at radius 3 is 2.71 bits per heavy atom. The van der Waals surface area contributed by atoms with E-state index in [1.807, 2.05) is 0 Å². The molecule has 2 rings (SSSR count). The minimum atomic E-state index is -0.800. The molecule has 6 heteroatoms. The number of nitrogens with one attached hydrogen (secondary N) is 1. The van der Waals surface area contributed by atoms with E-state index in [-0.39, 0.29) is 18.3 Å². The zero-order chi connectivity index (χ0) is 11.7. The Kier molecular flexibility index (Phi) is 5.07. The van der Waals surface area contributed by atoms with E-state index in [2.05, 4.69) is 5.32 Å². The number of hydrogen-bond donors (Lipinski definition) is 2. The fourth-order valence-corrected chi connectivity index (χ4v) is 2.50. The predicted molar refractivity (Wildman–Crippen MR) is 70.4 cm³/mol. The number of halogens is 3. The van der Waals surface area contributed by atoms with Crippen LogP contribution in [0.2, 0.25) is 10.0 Å². The highest BCUT2D eigenvalue weighted by atomic mass is 35.5. The van der Waals surface area contributed by atoms with Gasteiger partial charge in [-0.2, -0.15) is 0 Å². The number of carboxylic acid groups (broad SMARTS) is 1. The van der Waals surface area contributed by atoms with Gasteiger partial charge < -0.3 is 10.4 Å². The molecule has 0 bridgehead atoms. The van der Waals surface area contributed by atoms with Crippen LogP contribution in [0.4, 0.5) is 0 Å². The molecule has 1 heterocycles. The monoisotopic (exact) mass is 295 g/mol. The van der Waals surface area contributed by atoms with E-state index in [1.165, 1.54) is 0 Å². The highest BCUT2D eigenvalue weighted by Gasteiger charge is 2.34. The first-order valence-corrected chi connectivity index (χ1v) is 5.73. The fraction of sp³-hybridized carbons (Fsp3) is 0.364. The Hall–Kier alpha value is -0.480. The first kappa shape index (κ1) is 14.6. The molecular weight excluding hydrogens is 284 g/mol. The second-order valence-electron chi connectivity index (χ2n) is 3.88. The minimum absolute atomic E-state index is 0. The molecule has 94 valence electrons. The van der Waals surface area contributed by atoms with Crippen molar-refractivity contribution in [3.8, 4) is 0 Å². The van der Waals surface area contributed by atoms with Gasteiger partial charge in [0.15, 0.2) is 0 Å². The van der Waals surface area contributed by atoms with Gasteiger partial charge in [-0.25, -0.2) is 0 Å². The van der Waals surface area contributed by atoms with Crippen molar-refractivity contribution in [1.82, 2.24) is 5.32 Å². The highest BCUT2D eigenvalue weighted by Crippen LogP contribution is 2.34. The summed E-state index contributed by atoms with van der Waals surface area (Å²) in [5, 5.41) is 13.3. The van der Waals surface area contributed by atoms with Gasteiger partial charge >= 0.3 is 5.97 Å². The highest BCUT2D eigenvalue weighted by molar-refractivity contribution is 6.33. The first-order chi connectivity index (χ1) is 7.59. The van der Waals surface area contributed by atoms with E-state index in [0.29, 0.717) is 23.1 Å². The van der Waals surface area contributed by atoms with Gasteiger partial charge in [0.2, 0.25) is 0 Å². The lowest BCUT2D eigenvalue weighted by molar-refractivity contribution is -0.141. The fourth-order valence-electron chi connectivity index (χ4n) is 2.06. The largest absolute Gasteiger partial charge is 0.481 e. The molecule has 1 aliphatic rings. The summed E-state index contributed by atoms with van der Waals surface area (Å²) in [5.74, 6) is -1.34. The van der Waals surface area contributed by atoms with Crippen LogP contribution in [0.25, 0.3) is 0 Å². The summed E-state index contributed by atoms with van der Waals surface area (Å²) in [4.78, 5) is 11.1. The molecule has 17 heavy (non-hydrogen) atoms. The summed E-state index contributed by atoms with van der Waals surface area (Å²) in [5.41, 5.74) is 0.812. The number of carbonyl (C=O) groups is 1. The number of hydrogen-bond acceptors (Lipinski definition) is 2. The van der Waals surface area contributed by atoms with Gasteiger partial charge in [0.25, 0.3) is 0 Å². The third kappa shape index (κ3) is 3.05. The van der Waals surface area contributed by atoms with Crippen LogP contribution in [-0.2, 0) is 4.79 Å². The smallest absolute Gasteiger partial charge is 0.308 e. The van der Waals surface area contributed by atoms with Crippen LogP contribution in [0.15, 0.2) is 18.2 Å². The van der Waals surface area contributed by atoms with Gasteiger partial charge in [-0.1, -0.05) is 23.2 Å². The second-order valence-corrected chi connectivity index (χ2v) is 4.72. The van der Waals surface area contributed by atoms with Gasteiger partial charge in [0, 0.05) is 29.1 Å². The molecule has 0 aliphatic carbocycles. The molecule has 1 aliphatic heterocycles. The molecule has 0 amide bonds. The normalized spacial score (nSPS) is 23.2. The van der Waals surface area contributed by atoms with Crippen molar-refractivity contribution >= 4 is 41.6 Å². The summed E-state index contributed by atoms with van der Waals surface area (Å²) in [6, 6.07) is 5.15. The Labute approximate surface area is 116 Å². The van der Waals surface area contributed by atoms with E-state index in [0.717, 1.165) is 5.56 Å². The molecule has 2 N–H and O–H groups in total. The van der Waals surface area contributed by atoms with Gasteiger partial charge in [-0.3, -0.25) is 4.79 Å². The minimum Gasteiger partial charge on any atom is -0.481 e. The van der Waals surface area contributed by atoms with Gasteiger partial charge in [-0.05, 0) is 23.8 Å². The van der Waals surface area contributed by atoms with Crippen LogP contribution >= 0.6 is 35.6 Å². The Morgan fingerprint density at radius 2 is 2.06 bits per heavy atom. The van der Waals surface area contributed by atoms with E-state index in [1.54, 1.807) is 18.2 Å². The molecule has 1 saturated heterocycles. The third-order valence-electron chi connectivity index (χ3n) is 2.89. The Morgan fingerprint density at radius 1 is 1.35 bits per heavy atom. The summed E-state index contributed by atoms with van der Waals surface area (Å²) in [7, 11) is 0. The predicted octanol–water partition coefficient (Wildman–Crippen LogP) is 2.80. The maximum atomic E-state index is 11.1. The number of carboxylic acids is 1. The van der Waals surface area contributed by atoms with Crippen molar-refractivity contribution in [3.63, 3.8) is 0 Å². The molecule has 0 aromatic heterocycles. The molecule has 2 atom stereocenters. The van der Waals surface area contributed by atoms with Crippen LogP contribution in [0, 0.1) is 5.92 Å². The van der Waals surface area contributed by atoms with Gasteiger partial charge in [-0.15, -0.1) is 12.4 Å². The maximum Gasteiger partial charge on any atom is 0.308 e. The summed E-state index contributed by atoms with van der Waals surface area (Å²) < 4.78 is 0. The standard InChI is InChI=1S/C11H11Cl2NO2.ClH/c12-6-1-2-10(13)7(3-6)8-4-14-5-9(8)11(15)16;/h1-3,8-9,14H,4-5H2,(H,15,16);1H/t8-,9-;/m0./s1. The first-order valence-electron chi connectivity index (χ1n) is 4.98. The summed E-state index contributed by atoms with van der Waals surface area (Å²) in [6.07, 6.45) is 0. The molecule has 1 aromatic rings. The van der Waals surface area contributed by atoms with Crippen molar-refractivity contribution in [1.29, 1.82) is 0 Å². The van der Waals surface area contributed by atoms with E-state index in [9.17, 15) is 4.79 Å². The third-order valence-corrected chi connectivity index (χ3v) is 3.47. The second kappa shape index (κ2) is 5.91. The van der Waals surface area contributed by atoms with Crippen LogP contribution in [-0.4, -0.2) is 24.2 Å². The molecule has 0 saturated carbocycles. The quantitative estimate of drug-likeness (QED) is 0.882. The van der Waals surface area contributed by atoms with E-state index >= 15 is 0 Å². The summed E-state index contributed by atoms with van der Waals surface area (Å²) >= 11 is 12.0. The van der Waals surface area contributed by atoms with Gasteiger partial charge in [0.1, 0.15) is 0 Å². The SMILES string of the molecule is Cl.O=C(O)[C@H]1CNC[C@H]1c1cc(Cl)ccc1Cl. The van der Waals surface area contributed by atoms with Crippen molar-refractivity contribution < 1.29 is 9.90 Å². The number of benzene rings is 1. The van der Waals surface area contributed by atoms with Crippen LogP contribution < -0.4 is 5.32 Å². The van der Waals surface area contributed by atoms with Crippen molar-refractivity contribution in [3.05, 3.63) is 33.8 Å². The molecule has 0 radical (unpaired) electrons. The number of rotatable bonds is 2. The Balaban J connectivity index is 0.00000144. The average molecular weight is 297 g/mol. The van der Waals surface area contributed by atoms with Crippen molar-refractivity contribution in [2.24, 2.45) is 5.92 Å². The molecule has 0 spiro atoms. The van der Waals surface area contributed by atoms with Crippen LogP contribution in [0.1, 0.15) is 11.5 Å². The average Bonchev–Trinajstić information content (AvgIpc) is 2.70. The maximum absolute atomic E-state index is 11.1. The zero-order valence-corrected chi connectivity index (χ0v) is 11.1. The Bertz CT molecular complexity index is 425. The van der Waals surface area contributed by atoms with Crippen LogP contribution in [0.3, 0.4) is 0 Å². The number of aliphatic carboxylic acids is 1. The molecule has 1 fully saturated rings. The van der Waals surface area contributed by atoms with Crippen molar-refractivity contribution in [2.45, 2.75) is 5.92 Å². The lowest BCUT2D eigenvalue weighted by atomic mass is 9.89. The molecule has 0 unspecified atom stereocenters. The molecule has 3 nitrogen and oxygen atoms in total. The topological polar surface area (TPSA) is 49.3 Å². The van der Waals surface area contributed by atoms with E-state index < -0.39 is 11.9 Å². The zero-order valence-electron chi connectivity index (χ0n) is 8.82.